The highest BCUT2D eigenvalue weighted by molar-refractivity contribution is 5.78. The molecule has 1 aliphatic carbocycles. The molecule has 0 spiro atoms. The van der Waals surface area contributed by atoms with Crippen LogP contribution in [0, 0.1) is 6.92 Å². The molecule has 33 heavy (non-hydrogen) atoms. The van der Waals surface area contributed by atoms with Crippen LogP contribution in [-0.4, -0.2) is 32.2 Å². The van der Waals surface area contributed by atoms with Crippen molar-refractivity contribution >= 4 is 17.7 Å². The number of methoxy groups -OCH3 is 2. The van der Waals surface area contributed by atoms with Gasteiger partial charge in [-0.2, -0.15) is 0 Å². The highest BCUT2D eigenvalue weighted by atomic mass is 16.5. The Bertz CT molecular complexity index is 1060. The Morgan fingerprint density at radius 1 is 0.909 bits per heavy atom. The molecule has 1 saturated heterocycles. The number of hydrogen-bond acceptors (Lipinski definition) is 3. The van der Waals surface area contributed by atoms with Crippen molar-refractivity contribution in [2.75, 3.05) is 27.3 Å². The first-order chi connectivity index (χ1) is 16.2. The van der Waals surface area contributed by atoms with Crippen molar-refractivity contribution in [2.45, 2.75) is 39.2 Å². The molecule has 3 heteroatoms. The van der Waals surface area contributed by atoms with Crippen molar-refractivity contribution < 1.29 is 9.47 Å². The largest absolute Gasteiger partial charge is 0.496 e. The summed E-state index contributed by atoms with van der Waals surface area (Å²) in [6.07, 6.45) is 19.9. The third-order valence-electron chi connectivity index (χ3n) is 6.63. The Morgan fingerprint density at radius 3 is 2.39 bits per heavy atom. The van der Waals surface area contributed by atoms with E-state index in [4.69, 9.17) is 9.47 Å². The quantitative estimate of drug-likeness (QED) is 0.429. The van der Waals surface area contributed by atoms with Crippen LogP contribution in [0.4, 0.5) is 0 Å². The molecular weight excluding hydrogens is 406 g/mol. The molecule has 2 aromatic rings. The fourth-order valence-corrected chi connectivity index (χ4v) is 4.74. The Balaban J connectivity index is 1.60. The van der Waals surface area contributed by atoms with Gasteiger partial charge < -0.3 is 9.47 Å². The third kappa shape index (κ3) is 5.66. The topological polar surface area (TPSA) is 21.7 Å². The van der Waals surface area contributed by atoms with Crippen LogP contribution in [0.25, 0.3) is 17.7 Å². The molecule has 2 aliphatic rings. The zero-order chi connectivity index (χ0) is 23.0. The number of likely N-dealkylation sites (tertiary alicyclic amines) is 1. The van der Waals surface area contributed by atoms with Crippen molar-refractivity contribution in [1.82, 2.24) is 4.90 Å². The SMILES string of the molecule is COc1cc(/C=C/c2cccc(C3=CC=CC=CC3)c2C)cc(OC)c1CN1CCCCC1. The van der Waals surface area contributed by atoms with Crippen molar-refractivity contribution in [1.29, 1.82) is 0 Å². The first kappa shape index (κ1) is 23.1. The number of ether oxygens (including phenoxy) is 2. The summed E-state index contributed by atoms with van der Waals surface area (Å²) in [6, 6.07) is 10.8. The fraction of sp³-hybridized carbons (Fsp3) is 0.333. The number of allylic oxidation sites excluding steroid dienone is 6. The molecule has 1 heterocycles. The lowest BCUT2D eigenvalue weighted by Gasteiger charge is -2.28. The molecule has 0 N–H and O–H groups in total. The van der Waals surface area contributed by atoms with Crippen LogP contribution >= 0.6 is 0 Å². The second-order valence-corrected chi connectivity index (χ2v) is 8.80. The molecular formula is C30H35NO2. The minimum atomic E-state index is 0.871. The van der Waals surface area contributed by atoms with E-state index in [1.165, 1.54) is 41.5 Å². The first-order valence-corrected chi connectivity index (χ1v) is 12.0. The van der Waals surface area contributed by atoms with Gasteiger partial charge in [-0.3, -0.25) is 4.90 Å². The lowest BCUT2D eigenvalue weighted by molar-refractivity contribution is 0.215. The van der Waals surface area contributed by atoms with Gasteiger partial charge in [-0.1, -0.05) is 67.2 Å². The number of benzene rings is 2. The first-order valence-electron chi connectivity index (χ1n) is 12.0. The Morgan fingerprint density at radius 2 is 1.67 bits per heavy atom. The van der Waals surface area contributed by atoms with E-state index >= 15 is 0 Å². The number of nitrogens with zero attached hydrogens (tertiary/aromatic N) is 1. The summed E-state index contributed by atoms with van der Waals surface area (Å²) in [5.74, 6) is 1.79. The van der Waals surface area contributed by atoms with Gasteiger partial charge in [-0.15, -0.1) is 0 Å². The molecule has 0 saturated carbocycles. The Hall–Kier alpha value is -3.04. The van der Waals surface area contributed by atoms with Crippen molar-refractivity contribution in [2.24, 2.45) is 0 Å². The highest BCUT2D eigenvalue weighted by Gasteiger charge is 2.17. The average Bonchev–Trinajstić information content (AvgIpc) is 3.14. The summed E-state index contributed by atoms with van der Waals surface area (Å²) in [5.41, 5.74) is 7.39. The molecule has 0 atom stereocenters. The van der Waals surface area contributed by atoms with Gasteiger partial charge in [0.05, 0.1) is 19.8 Å². The van der Waals surface area contributed by atoms with Crippen LogP contribution in [-0.2, 0) is 6.54 Å². The summed E-state index contributed by atoms with van der Waals surface area (Å²) in [5, 5.41) is 0. The van der Waals surface area contributed by atoms with Crippen molar-refractivity contribution in [3.8, 4) is 11.5 Å². The maximum Gasteiger partial charge on any atom is 0.127 e. The molecule has 0 aromatic heterocycles. The molecule has 0 unspecified atom stereocenters. The zero-order valence-corrected chi connectivity index (χ0v) is 20.1. The van der Waals surface area contributed by atoms with Gasteiger partial charge in [0.15, 0.2) is 0 Å². The normalized spacial score (nSPS) is 16.6. The minimum absolute atomic E-state index is 0.871. The highest BCUT2D eigenvalue weighted by Crippen LogP contribution is 2.34. The predicted molar refractivity (Wildman–Crippen MR) is 140 cm³/mol. The molecule has 3 nitrogen and oxygen atoms in total. The van der Waals surface area contributed by atoms with Crippen LogP contribution < -0.4 is 9.47 Å². The van der Waals surface area contributed by atoms with E-state index in [2.05, 4.69) is 84.7 Å². The second kappa shape index (κ2) is 11.2. The molecule has 0 bridgehead atoms. The molecule has 1 aliphatic heterocycles. The Labute approximate surface area is 198 Å². The summed E-state index contributed by atoms with van der Waals surface area (Å²) in [6.45, 7) is 5.36. The lowest BCUT2D eigenvalue weighted by atomic mass is 9.94. The summed E-state index contributed by atoms with van der Waals surface area (Å²) < 4.78 is 11.6. The third-order valence-corrected chi connectivity index (χ3v) is 6.63. The summed E-state index contributed by atoms with van der Waals surface area (Å²) in [4.78, 5) is 2.50. The van der Waals surface area contributed by atoms with E-state index < -0.39 is 0 Å². The summed E-state index contributed by atoms with van der Waals surface area (Å²) >= 11 is 0. The molecule has 4 rings (SSSR count). The van der Waals surface area contributed by atoms with Crippen LogP contribution in [0.15, 0.2) is 60.7 Å². The maximum absolute atomic E-state index is 5.80. The van der Waals surface area contributed by atoms with Crippen molar-refractivity contribution in [3.05, 3.63) is 88.5 Å². The molecule has 1 fully saturated rings. The maximum atomic E-state index is 5.80. The minimum Gasteiger partial charge on any atom is -0.496 e. The van der Waals surface area contributed by atoms with Gasteiger partial charge in [0, 0.05) is 6.54 Å². The van der Waals surface area contributed by atoms with Crippen molar-refractivity contribution in [3.63, 3.8) is 0 Å². The van der Waals surface area contributed by atoms with E-state index in [1.54, 1.807) is 14.2 Å². The van der Waals surface area contributed by atoms with Gasteiger partial charge >= 0.3 is 0 Å². The Kier molecular flexibility index (Phi) is 7.85. The monoisotopic (exact) mass is 441 g/mol. The van der Waals surface area contributed by atoms with E-state index in [0.717, 1.165) is 48.7 Å². The van der Waals surface area contributed by atoms with Gasteiger partial charge in [-0.05, 0) is 79.2 Å². The fourth-order valence-electron chi connectivity index (χ4n) is 4.74. The van der Waals surface area contributed by atoms with Gasteiger partial charge in [0.25, 0.3) is 0 Å². The van der Waals surface area contributed by atoms with E-state index in [9.17, 15) is 0 Å². The molecule has 2 aromatic carbocycles. The van der Waals surface area contributed by atoms with E-state index in [0.29, 0.717) is 0 Å². The lowest BCUT2D eigenvalue weighted by Crippen LogP contribution is -2.29. The number of hydrogen-bond donors (Lipinski definition) is 0. The molecule has 0 amide bonds. The van der Waals surface area contributed by atoms with Gasteiger partial charge in [-0.25, -0.2) is 0 Å². The van der Waals surface area contributed by atoms with Gasteiger partial charge in [0.1, 0.15) is 11.5 Å². The van der Waals surface area contributed by atoms with Crippen LogP contribution in [0.5, 0.6) is 11.5 Å². The number of rotatable bonds is 7. The smallest absolute Gasteiger partial charge is 0.127 e. The zero-order valence-electron chi connectivity index (χ0n) is 20.1. The average molecular weight is 442 g/mol. The standard InChI is InChI=1S/C30H35NO2/c1-23-25(14-11-15-27(23)26-12-7-4-5-8-13-26)17-16-24-20-29(32-2)28(30(21-24)33-3)22-31-18-9-6-10-19-31/h4-5,7-8,11-12,14-17,20-21H,6,9-10,13,18-19,22H2,1-3H3/b17-16+. The summed E-state index contributed by atoms with van der Waals surface area (Å²) in [7, 11) is 3.50. The van der Waals surface area contributed by atoms with E-state index in [-0.39, 0.29) is 0 Å². The second-order valence-electron chi connectivity index (χ2n) is 8.80. The predicted octanol–water partition coefficient (Wildman–Crippen LogP) is 7.07. The van der Waals surface area contributed by atoms with E-state index in [1.807, 2.05) is 0 Å². The van der Waals surface area contributed by atoms with Crippen LogP contribution in [0.3, 0.4) is 0 Å². The van der Waals surface area contributed by atoms with Gasteiger partial charge in [0.2, 0.25) is 0 Å². The van der Waals surface area contributed by atoms with Crippen LogP contribution in [0.2, 0.25) is 0 Å². The molecule has 0 radical (unpaired) electrons. The van der Waals surface area contributed by atoms with Crippen LogP contribution in [0.1, 0.15) is 53.5 Å². The number of piperidine rings is 1. The molecule has 172 valence electrons.